The monoisotopic (exact) mass is 328 g/mol. The van der Waals surface area contributed by atoms with E-state index in [0.29, 0.717) is 6.54 Å². The molecule has 1 aromatic heterocycles. The molecule has 0 aliphatic carbocycles. The van der Waals surface area contributed by atoms with Crippen molar-refractivity contribution in [1.82, 2.24) is 5.32 Å². The number of hydrogen-bond donors (Lipinski definition) is 2. The normalized spacial score (nSPS) is 10.3. The van der Waals surface area contributed by atoms with E-state index in [4.69, 9.17) is 5.73 Å². The van der Waals surface area contributed by atoms with Crippen molar-refractivity contribution in [2.75, 3.05) is 5.73 Å². The highest BCUT2D eigenvalue weighted by molar-refractivity contribution is 9.10. The maximum Gasteiger partial charge on any atom is 0.253 e. The highest BCUT2D eigenvalue weighted by Crippen LogP contribution is 2.20. The highest BCUT2D eigenvalue weighted by atomic mass is 79.9. The second-order valence-electron chi connectivity index (χ2n) is 3.65. The topological polar surface area (TPSA) is 55.1 Å². The lowest BCUT2D eigenvalue weighted by atomic mass is 10.1. The Kier molecular flexibility index (Phi) is 3.98. The van der Waals surface area contributed by atoms with Gasteiger partial charge in [0.25, 0.3) is 5.91 Å². The Morgan fingerprint density at radius 1 is 1.44 bits per heavy atom. The Morgan fingerprint density at radius 2 is 2.22 bits per heavy atom. The molecule has 6 heteroatoms. The molecular weight excluding hydrogens is 319 g/mol. The van der Waals surface area contributed by atoms with Crippen molar-refractivity contribution in [3.05, 3.63) is 50.4 Å². The van der Waals surface area contributed by atoms with Crippen LogP contribution in [0.25, 0.3) is 0 Å². The Hall–Kier alpha value is -1.40. The average molecular weight is 329 g/mol. The van der Waals surface area contributed by atoms with Gasteiger partial charge in [-0.05, 0) is 40.2 Å². The first-order valence-electron chi connectivity index (χ1n) is 5.12. The summed E-state index contributed by atoms with van der Waals surface area (Å²) in [6.07, 6.45) is 0. The summed E-state index contributed by atoms with van der Waals surface area (Å²) in [5.41, 5.74) is 6.01. The Balaban J connectivity index is 2.03. The highest BCUT2D eigenvalue weighted by Gasteiger charge is 2.10. The molecule has 3 N–H and O–H groups in total. The van der Waals surface area contributed by atoms with Gasteiger partial charge in [-0.25, -0.2) is 4.39 Å². The third kappa shape index (κ3) is 3.08. The summed E-state index contributed by atoms with van der Waals surface area (Å²) >= 11 is 4.88. The lowest BCUT2D eigenvalue weighted by Crippen LogP contribution is -2.23. The maximum absolute atomic E-state index is 12.8. The average Bonchev–Trinajstić information content (AvgIpc) is 2.72. The SMILES string of the molecule is Nc1cc(F)ccc1C(=O)NCc1cc(Br)cs1. The molecule has 0 radical (unpaired) electrons. The number of carbonyl (C=O) groups is 1. The Labute approximate surface area is 116 Å². The van der Waals surface area contributed by atoms with Gasteiger partial charge < -0.3 is 11.1 Å². The van der Waals surface area contributed by atoms with Gasteiger partial charge in [-0.3, -0.25) is 4.79 Å². The van der Waals surface area contributed by atoms with Crippen LogP contribution < -0.4 is 11.1 Å². The van der Waals surface area contributed by atoms with Crippen molar-refractivity contribution in [3.63, 3.8) is 0 Å². The van der Waals surface area contributed by atoms with E-state index in [1.54, 1.807) is 11.3 Å². The molecule has 0 aliphatic heterocycles. The van der Waals surface area contributed by atoms with E-state index in [1.165, 1.54) is 12.1 Å². The zero-order chi connectivity index (χ0) is 13.1. The van der Waals surface area contributed by atoms with Gasteiger partial charge >= 0.3 is 0 Å². The van der Waals surface area contributed by atoms with Crippen molar-refractivity contribution in [2.24, 2.45) is 0 Å². The van der Waals surface area contributed by atoms with Crippen molar-refractivity contribution in [1.29, 1.82) is 0 Å². The molecule has 0 fully saturated rings. The largest absolute Gasteiger partial charge is 0.398 e. The molecule has 0 bridgehead atoms. The zero-order valence-electron chi connectivity index (χ0n) is 9.24. The lowest BCUT2D eigenvalue weighted by Gasteiger charge is -2.06. The van der Waals surface area contributed by atoms with Gasteiger partial charge in [0, 0.05) is 20.4 Å². The third-order valence-corrected chi connectivity index (χ3v) is 4.00. The number of rotatable bonds is 3. The van der Waals surface area contributed by atoms with Crippen LogP contribution in [0.15, 0.2) is 34.1 Å². The molecular formula is C12H10BrFN2OS. The first-order chi connectivity index (χ1) is 8.56. The number of thiophene rings is 1. The van der Waals surface area contributed by atoms with Crippen LogP contribution in [0.4, 0.5) is 10.1 Å². The number of halogens is 2. The molecule has 1 amide bonds. The number of nitrogen functional groups attached to an aromatic ring is 1. The van der Waals surface area contributed by atoms with Gasteiger partial charge in [0.05, 0.1) is 12.1 Å². The second kappa shape index (κ2) is 5.49. The molecule has 18 heavy (non-hydrogen) atoms. The number of nitrogens with two attached hydrogens (primary N) is 1. The molecule has 0 atom stereocenters. The lowest BCUT2D eigenvalue weighted by molar-refractivity contribution is 0.0952. The van der Waals surface area contributed by atoms with Crippen molar-refractivity contribution < 1.29 is 9.18 Å². The number of benzene rings is 1. The predicted octanol–water partition coefficient (Wildman–Crippen LogP) is 3.16. The number of anilines is 1. The van der Waals surface area contributed by atoms with Gasteiger partial charge in [-0.15, -0.1) is 11.3 Å². The van der Waals surface area contributed by atoms with Crippen LogP contribution in [0.5, 0.6) is 0 Å². The molecule has 0 aliphatic rings. The fourth-order valence-electron chi connectivity index (χ4n) is 1.45. The van der Waals surface area contributed by atoms with E-state index in [9.17, 15) is 9.18 Å². The van der Waals surface area contributed by atoms with Crippen LogP contribution in [0.3, 0.4) is 0 Å². The molecule has 0 saturated heterocycles. The van der Waals surface area contributed by atoms with E-state index < -0.39 is 5.82 Å². The summed E-state index contributed by atoms with van der Waals surface area (Å²) in [6.45, 7) is 0.423. The summed E-state index contributed by atoms with van der Waals surface area (Å²) in [5.74, 6) is -0.761. The molecule has 0 spiro atoms. The van der Waals surface area contributed by atoms with Crippen molar-refractivity contribution in [2.45, 2.75) is 6.54 Å². The molecule has 2 rings (SSSR count). The minimum atomic E-state index is -0.453. The van der Waals surface area contributed by atoms with E-state index in [-0.39, 0.29) is 17.2 Å². The van der Waals surface area contributed by atoms with Gasteiger partial charge in [-0.2, -0.15) is 0 Å². The first kappa shape index (κ1) is 13.0. The van der Waals surface area contributed by atoms with Crippen LogP contribution in [-0.4, -0.2) is 5.91 Å². The van der Waals surface area contributed by atoms with E-state index in [1.807, 2.05) is 11.4 Å². The van der Waals surface area contributed by atoms with E-state index in [0.717, 1.165) is 15.4 Å². The molecule has 3 nitrogen and oxygen atoms in total. The standard InChI is InChI=1S/C12H10BrFN2OS/c13-7-3-9(18-6-7)5-16-12(17)10-2-1-8(14)4-11(10)15/h1-4,6H,5,15H2,(H,16,17). The number of amides is 1. The summed E-state index contributed by atoms with van der Waals surface area (Å²) in [4.78, 5) is 12.9. The van der Waals surface area contributed by atoms with Crippen molar-refractivity contribution in [3.8, 4) is 0 Å². The Bertz CT molecular complexity index is 585. The molecule has 2 aromatic rings. The van der Waals surface area contributed by atoms with Crippen LogP contribution in [-0.2, 0) is 6.54 Å². The molecule has 0 saturated carbocycles. The molecule has 0 unspecified atom stereocenters. The fourth-order valence-corrected chi connectivity index (χ4v) is 2.84. The summed E-state index contributed by atoms with van der Waals surface area (Å²) in [6, 6.07) is 5.66. The molecule has 1 heterocycles. The summed E-state index contributed by atoms with van der Waals surface area (Å²) in [5, 5.41) is 4.68. The zero-order valence-corrected chi connectivity index (χ0v) is 11.6. The fraction of sp³-hybridized carbons (Fsp3) is 0.0833. The molecule has 94 valence electrons. The number of carbonyl (C=O) groups excluding carboxylic acids is 1. The summed E-state index contributed by atoms with van der Waals surface area (Å²) < 4.78 is 13.8. The van der Waals surface area contributed by atoms with Gasteiger partial charge in [0.15, 0.2) is 0 Å². The third-order valence-electron chi connectivity index (χ3n) is 2.30. The van der Waals surface area contributed by atoms with Gasteiger partial charge in [0.2, 0.25) is 0 Å². The summed E-state index contributed by atoms with van der Waals surface area (Å²) in [7, 11) is 0. The smallest absolute Gasteiger partial charge is 0.253 e. The predicted molar refractivity (Wildman–Crippen MR) is 74.0 cm³/mol. The minimum Gasteiger partial charge on any atom is -0.398 e. The molecule has 1 aromatic carbocycles. The Morgan fingerprint density at radius 3 is 2.83 bits per heavy atom. The maximum atomic E-state index is 12.8. The van der Waals surface area contributed by atoms with Crippen LogP contribution in [0, 0.1) is 5.82 Å². The van der Waals surface area contributed by atoms with E-state index in [2.05, 4.69) is 21.2 Å². The number of hydrogen-bond acceptors (Lipinski definition) is 3. The number of nitrogens with one attached hydrogen (secondary N) is 1. The van der Waals surface area contributed by atoms with E-state index >= 15 is 0 Å². The van der Waals surface area contributed by atoms with Crippen LogP contribution >= 0.6 is 27.3 Å². The first-order valence-corrected chi connectivity index (χ1v) is 6.79. The second-order valence-corrected chi connectivity index (χ2v) is 5.56. The minimum absolute atomic E-state index is 0.139. The van der Waals surface area contributed by atoms with Crippen molar-refractivity contribution >= 4 is 38.9 Å². The van der Waals surface area contributed by atoms with Crippen LogP contribution in [0.2, 0.25) is 0 Å². The quantitative estimate of drug-likeness (QED) is 0.850. The van der Waals surface area contributed by atoms with Gasteiger partial charge in [0.1, 0.15) is 5.82 Å². The van der Waals surface area contributed by atoms with Crippen LogP contribution in [0.1, 0.15) is 15.2 Å². The van der Waals surface area contributed by atoms with Gasteiger partial charge in [-0.1, -0.05) is 0 Å².